The second kappa shape index (κ2) is 8.48. The zero-order valence-corrected chi connectivity index (χ0v) is 16.9. The number of aromatic nitrogens is 4. The van der Waals surface area contributed by atoms with Gasteiger partial charge >= 0.3 is 17.6 Å². The van der Waals surface area contributed by atoms with Crippen molar-refractivity contribution in [2.45, 2.75) is 19.9 Å². The van der Waals surface area contributed by atoms with Crippen molar-refractivity contribution in [3.8, 4) is 0 Å². The van der Waals surface area contributed by atoms with E-state index in [4.69, 9.17) is 16.1 Å². The number of hydrogen-bond acceptors (Lipinski definition) is 7. The summed E-state index contributed by atoms with van der Waals surface area (Å²) in [5, 5.41) is 21.9. The Morgan fingerprint density at radius 1 is 1.39 bits per heavy atom. The highest BCUT2D eigenvalue weighted by atomic mass is 79.9. The van der Waals surface area contributed by atoms with Crippen LogP contribution in [0.3, 0.4) is 0 Å². The third-order valence-electron chi connectivity index (χ3n) is 3.86. The topological polar surface area (TPSA) is 129 Å². The summed E-state index contributed by atoms with van der Waals surface area (Å²) in [7, 11) is 0. The highest BCUT2D eigenvalue weighted by molar-refractivity contribution is 9.10. The summed E-state index contributed by atoms with van der Waals surface area (Å²) in [4.78, 5) is 26.5. The molecule has 0 radical (unpaired) electrons. The van der Waals surface area contributed by atoms with Gasteiger partial charge in [-0.25, -0.2) is 0 Å². The van der Waals surface area contributed by atoms with E-state index in [-0.39, 0.29) is 28.6 Å². The van der Waals surface area contributed by atoms with Gasteiger partial charge in [-0.05, 0) is 51.9 Å². The van der Waals surface area contributed by atoms with Crippen LogP contribution in [0.15, 0.2) is 33.3 Å². The minimum absolute atomic E-state index is 0.0276. The highest BCUT2D eigenvalue weighted by Gasteiger charge is 2.25. The lowest BCUT2D eigenvalue weighted by atomic mass is 10.1. The second-order valence-corrected chi connectivity index (χ2v) is 7.02. The first-order valence-corrected chi connectivity index (χ1v) is 9.24. The summed E-state index contributed by atoms with van der Waals surface area (Å²) in [6.07, 6.45) is 0.619. The number of nitrogens with one attached hydrogen (secondary N) is 1. The number of amides is 1. The van der Waals surface area contributed by atoms with Gasteiger partial charge in [0.15, 0.2) is 5.82 Å². The van der Waals surface area contributed by atoms with Gasteiger partial charge in [0.05, 0.1) is 10.8 Å². The van der Waals surface area contributed by atoms with Crippen molar-refractivity contribution in [3.05, 3.63) is 66.8 Å². The molecule has 10 nitrogen and oxygen atoms in total. The number of rotatable bonds is 7. The quantitative estimate of drug-likeness (QED) is 0.416. The van der Waals surface area contributed by atoms with Gasteiger partial charge in [-0.1, -0.05) is 28.9 Å². The van der Waals surface area contributed by atoms with E-state index >= 15 is 0 Å². The summed E-state index contributed by atoms with van der Waals surface area (Å²) in [5.74, 6) is -0.821. The Bertz CT molecular complexity index is 1020. The number of benzene rings is 1. The van der Waals surface area contributed by atoms with E-state index in [1.165, 1.54) is 4.68 Å². The van der Waals surface area contributed by atoms with Gasteiger partial charge in [0.2, 0.25) is 0 Å². The van der Waals surface area contributed by atoms with E-state index in [1.807, 2.05) is 12.1 Å². The summed E-state index contributed by atoms with van der Waals surface area (Å²) in [6, 6.07) is 7.32. The fourth-order valence-electron chi connectivity index (χ4n) is 2.37. The predicted octanol–water partition coefficient (Wildman–Crippen LogP) is 2.92. The molecule has 28 heavy (non-hydrogen) atoms. The van der Waals surface area contributed by atoms with E-state index in [2.05, 4.69) is 36.5 Å². The summed E-state index contributed by atoms with van der Waals surface area (Å²) >= 11 is 8.97. The van der Waals surface area contributed by atoms with Gasteiger partial charge < -0.3 is 20.0 Å². The molecule has 0 fully saturated rings. The molecule has 0 bridgehead atoms. The van der Waals surface area contributed by atoms with E-state index in [0.29, 0.717) is 23.7 Å². The second-order valence-electron chi connectivity index (χ2n) is 5.79. The average Bonchev–Trinajstić information content (AvgIpc) is 3.24. The molecule has 1 amide bonds. The van der Waals surface area contributed by atoms with Crippen LogP contribution in [0.2, 0.25) is 5.02 Å². The first-order valence-electron chi connectivity index (χ1n) is 8.07. The number of nitrogens with zero attached hydrogens (tertiary/aromatic N) is 5. The van der Waals surface area contributed by atoms with Crippen molar-refractivity contribution < 1.29 is 14.2 Å². The Labute approximate surface area is 172 Å². The standard InChI is InChI=1S/C16H14BrClN6O4/c1-9-13(17)14(24(26)27)21-23(9)8-12-20-16(28-22-12)15(25)19-7-6-10-2-4-11(18)5-3-10/h2-5H,6-8H2,1H3,(H,19,25). The van der Waals surface area contributed by atoms with Crippen LogP contribution >= 0.6 is 27.5 Å². The fraction of sp³-hybridized carbons (Fsp3) is 0.250. The Morgan fingerprint density at radius 2 is 2.11 bits per heavy atom. The number of carbonyl (C=O) groups is 1. The first-order chi connectivity index (χ1) is 13.3. The van der Waals surface area contributed by atoms with Crippen molar-refractivity contribution in [1.29, 1.82) is 0 Å². The molecule has 146 valence electrons. The molecule has 0 saturated heterocycles. The number of halogens is 2. The predicted molar refractivity (Wildman–Crippen MR) is 102 cm³/mol. The van der Waals surface area contributed by atoms with Crippen LogP contribution in [0.4, 0.5) is 5.82 Å². The highest BCUT2D eigenvalue weighted by Crippen LogP contribution is 2.27. The largest absolute Gasteiger partial charge is 0.404 e. The molecular weight excluding hydrogens is 456 g/mol. The molecule has 2 heterocycles. The molecule has 0 aliphatic heterocycles. The monoisotopic (exact) mass is 468 g/mol. The zero-order chi connectivity index (χ0) is 20.3. The van der Waals surface area contributed by atoms with E-state index in [1.54, 1.807) is 19.1 Å². The molecular formula is C16H14BrClN6O4. The van der Waals surface area contributed by atoms with Crippen LogP contribution in [0.1, 0.15) is 27.8 Å². The molecule has 2 aromatic heterocycles. The third kappa shape index (κ3) is 4.54. The van der Waals surface area contributed by atoms with Gasteiger partial charge in [0.25, 0.3) is 0 Å². The van der Waals surface area contributed by atoms with Crippen LogP contribution in [0, 0.1) is 17.0 Å². The van der Waals surface area contributed by atoms with Gasteiger partial charge in [0.1, 0.15) is 11.0 Å². The molecule has 0 unspecified atom stereocenters. The SMILES string of the molecule is Cc1c(Br)c([N+](=O)[O-])nn1Cc1noc(C(=O)NCCc2ccc(Cl)cc2)n1. The normalized spacial score (nSPS) is 10.8. The minimum atomic E-state index is -0.594. The molecule has 0 spiro atoms. The minimum Gasteiger partial charge on any atom is -0.358 e. The van der Waals surface area contributed by atoms with Crippen molar-refractivity contribution in [1.82, 2.24) is 25.2 Å². The lowest BCUT2D eigenvalue weighted by Gasteiger charge is -2.02. The molecule has 1 aromatic carbocycles. The molecule has 12 heteroatoms. The Balaban J connectivity index is 1.59. The molecule has 0 saturated carbocycles. The summed E-state index contributed by atoms with van der Waals surface area (Å²) in [5.41, 5.74) is 1.56. The fourth-order valence-corrected chi connectivity index (χ4v) is 2.93. The first kappa shape index (κ1) is 20.0. The molecule has 0 aliphatic rings. The van der Waals surface area contributed by atoms with Crippen molar-refractivity contribution in [2.24, 2.45) is 0 Å². The van der Waals surface area contributed by atoms with Gasteiger partial charge in [-0.15, -0.1) is 0 Å². The zero-order valence-electron chi connectivity index (χ0n) is 14.6. The third-order valence-corrected chi connectivity index (χ3v) is 5.04. The lowest BCUT2D eigenvalue weighted by molar-refractivity contribution is -0.390. The molecule has 1 N–H and O–H groups in total. The Hall–Kier alpha value is -2.79. The van der Waals surface area contributed by atoms with E-state index in [0.717, 1.165) is 5.56 Å². The smallest absolute Gasteiger partial charge is 0.358 e. The maximum absolute atomic E-state index is 12.1. The van der Waals surface area contributed by atoms with E-state index in [9.17, 15) is 14.9 Å². The summed E-state index contributed by atoms with van der Waals surface area (Å²) < 4.78 is 6.60. The van der Waals surface area contributed by atoms with Crippen LogP contribution in [0.5, 0.6) is 0 Å². The van der Waals surface area contributed by atoms with Gasteiger partial charge in [-0.2, -0.15) is 9.67 Å². The van der Waals surface area contributed by atoms with Crippen LogP contribution in [-0.4, -0.2) is 37.3 Å². The average molecular weight is 470 g/mol. The van der Waals surface area contributed by atoms with Crippen molar-refractivity contribution in [3.63, 3.8) is 0 Å². The summed E-state index contributed by atoms with van der Waals surface area (Å²) in [6.45, 7) is 2.07. The van der Waals surface area contributed by atoms with Gasteiger partial charge in [-0.3, -0.25) is 4.79 Å². The lowest BCUT2D eigenvalue weighted by Crippen LogP contribution is -2.26. The Morgan fingerprint density at radius 3 is 2.75 bits per heavy atom. The maximum Gasteiger partial charge on any atom is 0.404 e. The van der Waals surface area contributed by atoms with E-state index < -0.39 is 10.8 Å². The number of carbonyl (C=O) groups excluding carboxylic acids is 1. The van der Waals surface area contributed by atoms with Crippen molar-refractivity contribution >= 4 is 39.3 Å². The molecule has 3 aromatic rings. The number of hydrogen-bond donors (Lipinski definition) is 1. The van der Waals surface area contributed by atoms with Crippen LogP contribution < -0.4 is 5.32 Å². The molecule has 3 rings (SSSR count). The van der Waals surface area contributed by atoms with Gasteiger partial charge in [0, 0.05) is 11.6 Å². The molecule has 0 aliphatic carbocycles. The van der Waals surface area contributed by atoms with Crippen molar-refractivity contribution in [2.75, 3.05) is 6.54 Å². The maximum atomic E-state index is 12.1. The van der Waals surface area contributed by atoms with Crippen LogP contribution in [-0.2, 0) is 13.0 Å². The molecule has 0 atom stereocenters. The Kier molecular flexibility index (Phi) is 6.05. The van der Waals surface area contributed by atoms with Crippen LogP contribution in [0.25, 0.3) is 0 Å². The number of nitro groups is 1.